The molecule has 2 aromatic carbocycles. The first kappa shape index (κ1) is 32.8. The van der Waals surface area contributed by atoms with Crippen LogP contribution in [0.15, 0.2) is 54.6 Å². The van der Waals surface area contributed by atoms with Crippen molar-refractivity contribution in [1.29, 1.82) is 0 Å². The van der Waals surface area contributed by atoms with Gasteiger partial charge in [-0.3, -0.25) is 34.6 Å². The molecule has 3 fully saturated rings. The highest BCUT2D eigenvalue weighted by atomic mass is 16.4. The molecule has 2 aromatic rings. The van der Waals surface area contributed by atoms with Crippen molar-refractivity contribution >= 4 is 29.5 Å². The maximum absolute atomic E-state index is 14.7. The average molecular weight is 645 g/mol. The predicted octanol–water partition coefficient (Wildman–Crippen LogP) is 3.43. The molecule has 11 nitrogen and oxygen atoms in total. The molecule has 4 amide bonds. The van der Waals surface area contributed by atoms with E-state index in [-0.39, 0.29) is 30.3 Å². The molecular formula is C36H48N6O5. The fraction of sp³-hybridized carbons (Fsp3) is 0.556. The summed E-state index contributed by atoms with van der Waals surface area (Å²) in [5.41, 5.74) is 6.25. The first-order valence-corrected chi connectivity index (χ1v) is 17.3. The summed E-state index contributed by atoms with van der Waals surface area (Å²) in [5, 5.41) is 15.0. The number of amides is 4. The van der Waals surface area contributed by atoms with Gasteiger partial charge in [-0.25, -0.2) is 4.79 Å². The molecule has 6 rings (SSSR count). The smallest absolute Gasteiger partial charge is 0.407 e. The number of carbonyl (C=O) groups excluding carboxylic acids is 3. The van der Waals surface area contributed by atoms with Gasteiger partial charge in [0.15, 0.2) is 0 Å². The third-order valence-corrected chi connectivity index (χ3v) is 10.7. The Bertz CT molecular complexity index is 1430. The van der Waals surface area contributed by atoms with Crippen molar-refractivity contribution in [2.45, 2.75) is 88.9 Å². The van der Waals surface area contributed by atoms with Crippen molar-refractivity contribution in [1.82, 2.24) is 25.4 Å². The van der Waals surface area contributed by atoms with Gasteiger partial charge >= 0.3 is 6.09 Å². The highest BCUT2D eigenvalue weighted by molar-refractivity contribution is 5.94. The lowest BCUT2D eigenvalue weighted by molar-refractivity contribution is -0.149. The Hall–Kier alpha value is -4.12. The predicted molar refractivity (Wildman–Crippen MR) is 179 cm³/mol. The van der Waals surface area contributed by atoms with E-state index in [0.717, 1.165) is 74.1 Å². The standard InChI is InChI=1S/C36H48N6O5/c1-25(40(36(46)47)21-18-26-11-4-2-5-12-26)33(43)37-32(28-14-6-3-7-15-28)35(45)41-23-29-16-10-20-39(29)24-31(41)34(44)38-42-22-19-27-13-8-9-17-30(27)42/h2,4-5,8-9,11-13,17,25,28-29,31-32H,3,6-7,10,14-16,18-24H2,1H3,(H,37,43)(H,38,44)(H,46,47)/t25-,29+,31-,32-/m0/s1. The van der Waals surface area contributed by atoms with E-state index in [1.54, 1.807) is 11.8 Å². The first-order valence-electron chi connectivity index (χ1n) is 17.3. The summed E-state index contributed by atoms with van der Waals surface area (Å²) in [5.74, 6) is -1.03. The van der Waals surface area contributed by atoms with Gasteiger partial charge in [-0.05, 0) is 75.1 Å². The Labute approximate surface area is 277 Å². The Morgan fingerprint density at radius 1 is 0.915 bits per heavy atom. The lowest BCUT2D eigenvalue weighted by Crippen LogP contribution is -2.67. The molecular weight excluding hydrogens is 596 g/mol. The molecule has 1 aliphatic carbocycles. The minimum Gasteiger partial charge on any atom is -0.465 e. The number of carbonyl (C=O) groups is 4. The van der Waals surface area contributed by atoms with Crippen LogP contribution < -0.4 is 15.8 Å². The molecule has 0 radical (unpaired) electrons. The van der Waals surface area contributed by atoms with Crippen LogP contribution in [0.5, 0.6) is 0 Å². The van der Waals surface area contributed by atoms with Crippen molar-refractivity contribution < 1.29 is 24.3 Å². The second kappa shape index (κ2) is 14.8. The zero-order valence-electron chi connectivity index (χ0n) is 27.4. The van der Waals surface area contributed by atoms with Crippen LogP contribution in [0.3, 0.4) is 0 Å². The molecule has 0 spiro atoms. The molecule has 0 unspecified atom stereocenters. The van der Waals surface area contributed by atoms with Gasteiger partial charge < -0.3 is 15.3 Å². The van der Waals surface area contributed by atoms with Gasteiger partial charge in [-0.1, -0.05) is 67.8 Å². The number of piperazine rings is 1. The monoisotopic (exact) mass is 644 g/mol. The minimum absolute atomic E-state index is 0.0780. The van der Waals surface area contributed by atoms with Crippen LogP contribution in [0.4, 0.5) is 10.5 Å². The maximum atomic E-state index is 14.7. The largest absolute Gasteiger partial charge is 0.465 e. The number of anilines is 1. The lowest BCUT2D eigenvalue weighted by Gasteiger charge is -2.45. The Morgan fingerprint density at radius 2 is 1.66 bits per heavy atom. The van der Waals surface area contributed by atoms with Gasteiger partial charge in [0.1, 0.15) is 18.1 Å². The number of hydrogen-bond donors (Lipinski definition) is 3. The number of nitrogens with one attached hydrogen (secondary N) is 2. The number of hydrogen-bond acceptors (Lipinski definition) is 6. The topological polar surface area (TPSA) is 126 Å². The van der Waals surface area contributed by atoms with Gasteiger partial charge in [-0.15, -0.1) is 0 Å². The van der Waals surface area contributed by atoms with E-state index in [1.165, 1.54) is 5.56 Å². The maximum Gasteiger partial charge on any atom is 0.407 e. The highest BCUT2D eigenvalue weighted by Crippen LogP contribution is 2.31. The van der Waals surface area contributed by atoms with Crippen molar-refractivity contribution in [3.05, 3.63) is 65.7 Å². The molecule has 2 saturated heterocycles. The van der Waals surface area contributed by atoms with Crippen LogP contribution in [0.2, 0.25) is 0 Å². The number of para-hydroxylation sites is 1. The van der Waals surface area contributed by atoms with Crippen molar-refractivity contribution in [3.63, 3.8) is 0 Å². The highest BCUT2D eigenvalue weighted by Gasteiger charge is 2.46. The van der Waals surface area contributed by atoms with Crippen LogP contribution in [0.25, 0.3) is 0 Å². The summed E-state index contributed by atoms with van der Waals surface area (Å²) < 4.78 is 0. The fourth-order valence-corrected chi connectivity index (χ4v) is 7.94. The van der Waals surface area contributed by atoms with E-state index >= 15 is 0 Å². The fourth-order valence-electron chi connectivity index (χ4n) is 7.94. The van der Waals surface area contributed by atoms with Crippen LogP contribution in [0, 0.1) is 5.92 Å². The second-order valence-corrected chi connectivity index (χ2v) is 13.6. The van der Waals surface area contributed by atoms with E-state index in [2.05, 4.69) is 21.7 Å². The van der Waals surface area contributed by atoms with Gasteiger partial charge in [-0.2, -0.15) is 0 Å². The van der Waals surface area contributed by atoms with Crippen molar-refractivity contribution in [2.75, 3.05) is 37.7 Å². The van der Waals surface area contributed by atoms with Gasteiger partial charge in [0.05, 0.1) is 5.69 Å². The molecule has 252 valence electrons. The summed E-state index contributed by atoms with van der Waals surface area (Å²) in [4.78, 5) is 60.0. The summed E-state index contributed by atoms with van der Waals surface area (Å²) in [6.45, 7) is 4.18. The first-order chi connectivity index (χ1) is 22.8. The van der Waals surface area contributed by atoms with Crippen LogP contribution in [-0.4, -0.2) is 101 Å². The van der Waals surface area contributed by atoms with Gasteiger partial charge in [0.25, 0.3) is 5.91 Å². The second-order valence-electron chi connectivity index (χ2n) is 13.6. The van der Waals surface area contributed by atoms with E-state index < -0.39 is 30.1 Å². The molecule has 11 heteroatoms. The lowest BCUT2D eigenvalue weighted by atomic mass is 9.82. The number of fused-ring (bicyclic) bond motifs is 2. The molecule has 3 N–H and O–H groups in total. The Balaban J connectivity index is 1.20. The molecule has 4 atom stereocenters. The summed E-state index contributed by atoms with van der Waals surface area (Å²) in [6, 6.07) is 15.3. The van der Waals surface area contributed by atoms with E-state index in [9.17, 15) is 24.3 Å². The normalized spacial score (nSPS) is 22.6. The van der Waals surface area contributed by atoms with E-state index in [0.29, 0.717) is 26.1 Å². The number of benzene rings is 2. The average Bonchev–Trinajstić information content (AvgIpc) is 3.73. The Kier molecular flexibility index (Phi) is 10.3. The number of carboxylic acid groups (broad SMARTS) is 1. The molecule has 3 heterocycles. The van der Waals surface area contributed by atoms with E-state index in [4.69, 9.17) is 0 Å². The number of nitrogens with zero attached hydrogens (tertiary/aromatic N) is 4. The molecule has 4 aliphatic rings. The number of hydrazine groups is 1. The van der Waals surface area contributed by atoms with Crippen molar-refractivity contribution in [2.24, 2.45) is 5.92 Å². The molecule has 0 aromatic heterocycles. The molecule has 3 aliphatic heterocycles. The van der Waals surface area contributed by atoms with Gasteiger partial charge in [0, 0.05) is 32.2 Å². The zero-order valence-corrected chi connectivity index (χ0v) is 27.4. The van der Waals surface area contributed by atoms with Crippen LogP contribution in [-0.2, 0) is 27.2 Å². The van der Waals surface area contributed by atoms with Crippen molar-refractivity contribution in [3.8, 4) is 0 Å². The van der Waals surface area contributed by atoms with Crippen LogP contribution >= 0.6 is 0 Å². The van der Waals surface area contributed by atoms with E-state index in [1.807, 2.05) is 53.5 Å². The SMILES string of the molecule is C[C@@H](C(=O)N[C@H](C(=O)N1C[C@H]2CCCN2C[C@H]1C(=O)NN1CCc2ccccc21)C1CCCCC1)N(CCc1ccccc1)C(=O)O. The number of rotatable bonds is 10. The van der Waals surface area contributed by atoms with Gasteiger partial charge in [0.2, 0.25) is 11.8 Å². The Morgan fingerprint density at radius 3 is 2.43 bits per heavy atom. The summed E-state index contributed by atoms with van der Waals surface area (Å²) in [7, 11) is 0. The molecule has 47 heavy (non-hydrogen) atoms. The molecule has 0 bridgehead atoms. The third kappa shape index (κ3) is 7.40. The summed E-state index contributed by atoms with van der Waals surface area (Å²) in [6.07, 6.45) is 6.72. The van der Waals surface area contributed by atoms with Crippen LogP contribution in [0.1, 0.15) is 63.0 Å². The third-order valence-electron chi connectivity index (χ3n) is 10.7. The minimum atomic E-state index is -1.18. The molecule has 1 saturated carbocycles. The zero-order chi connectivity index (χ0) is 32.9. The quantitative estimate of drug-likeness (QED) is 0.362. The summed E-state index contributed by atoms with van der Waals surface area (Å²) >= 11 is 0.